The first kappa shape index (κ1) is 10.7. The van der Waals surface area contributed by atoms with E-state index in [1.165, 1.54) is 0 Å². The van der Waals surface area contributed by atoms with Crippen LogP contribution in [0.25, 0.3) is 0 Å². The Morgan fingerprint density at radius 3 is 1.61 bits per heavy atom. The number of furan rings is 1. The second kappa shape index (κ2) is 4.80. The molecule has 0 fully saturated rings. The molecule has 0 unspecified atom stereocenters. The first-order valence-corrected chi connectivity index (χ1v) is 5.87. The molecule has 3 rings (SSSR count). The summed E-state index contributed by atoms with van der Waals surface area (Å²) < 4.78 is 5.20. The molecule has 0 aliphatic carbocycles. The third-order valence-electron chi connectivity index (χ3n) is 2.79. The van der Waals surface area contributed by atoms with Gasteiger partial charge in [-0.15, -0.1) is 0 Å². The number of rotatable bonds is 3. The molecule has 0 bridgehead atoms. The lowest BCUT2D eigenvalue weighted by Crippen LogP contribution is -2.08. The number of anilines is 3. The van der Waals surface area contributed by atoms with Crippen molar-refractivity contribution in [3.8, 4) is 0 Å². The Morgan fingerprint density at radius 1 is 0.611 bits per heavy atom. The molecule has 3 aromatic rings. The number of hydrogen-bond donors (Lipinski definition) is 0. The minimum absolute atomic E-state index is 1.02. The maximum Gasteiger partial charge on any atom is 0.114 e. The predicted octanol–water partition coefficient (Wildman–Crippen LogP) is 4.75. The first-order chi connectivity index (χ1) is 8.95. The van der Waals surface area contributed by atoms with Gasteiger partial charge in [0.2, 0.25) is 0 Å². The zero-order valence-electron chi connectivity index (χ0n) is 9.86. The van der Waals surface area contributed by atoms with E-state index in [0.29, 0.717) is 0 Å². The van der Waals surface area contributed by atoms with E-state index in [1.54, 1.807) is 12.5 Å². The number of benzene rings is 2. The van der Waals surface area contributed by atoms with Gasteiger partial charge >= 0.3 is 0 Å². The molecule has 1 heterocycles. The highest BCUT2D eigenvalue weighted by atomic mass is 16.3. The Labute approximate surface area is 106 Å². The van der Waals surface area contributed by atoms with Gasteiger partial charge in [-0.2, -0.15) is 0 Å². The van der Waals surface area contributed by atoms with Crippen LogP contribution in [0.5, 0.6) is 0 Å². The van der Waals surface area contributed by atoms with Crippen molar-refractivity contribution in [3.63, 3.8) is 0 Å². The lowest BCUT2D eigenvalue weighted by atomic mass is 10.2. The van der Waals surface area contributed by atoms with Gasteiger partial charge in [0.1, 0.15) is 6.26 Å². The fourth-order valence-electron chi connectivity index (χ4n) is 1.99. The molecule has 0 atom stereocenters. The molecule has 0 saturated carbocycles. The van der Waals surface area contributed by atoms with E-state index in [1.807, 2.05) is 42.5 Å². The summed E-state index contributed by atoms with van der Waals surface area (Å²) in [4.78, 5) is 2.16. The average Bonchev–Trinajstić information content (AvgIpc) is 2.95. The molecule has 0 aliphatic heterocycles. The van der Waals surface area contributed by atoms with E-state index < -0.39 is 0 Å². The van der Waals surface area contributed by atoms with E-state index in [9.17, 15) is 0 Å². The second-order valence-corrected chi connectivity index (χ2v) is 3.99. The van der Waals surface area contributed by atoms with Gasteiger partial charge in [0.25, 0.3) is 0 Å². The van der Waals surface area contributed by atoms with Gasteiger partial charge in [0.05, 0.1) is 12.0 Å². The highest BCUT2D eigenvalue weighted by Crippen LogP contribution is 2.33. The number of hydrogen-bond acceptors (Lipinski definition) is 2. The van der Waals surface area contributed by atoms with Crippen molar-refractivity contribution in [1.82, 2.24) is 0 Å². The molecule has 0 radical (unpaired) electrons. The number of para-hydroxylation sites is 2. The van der Waals surface area contributed by atoms with Gasteiger partial charge < -0.3 is 9.32 Å². The Balaban J connectivity index is 2.11. The third-order valence-corrected chi connectivity index (χ3v) is 2.79. The van der Waals surface area contributed by atoms with Crippen LogP contribution in [0.3, 0.4) is 0 Å². The normalized spacial score (nSPS) is 10.2. The molecule has 0 spiro atoms. The average molecular weight is 235 g/mol. The Morgan fingerprint density at radius 2 is 1.17 bits per heavy atom. The lowest BCUT2D eigenvalue weighted by molar-refractivity contribution is 0.567. The van der Waals surface area contributed by atoms with Crippen LogP contribution >= 0.6 is 0 Å². The summed E-state index contributed by atoms with van der Waals surface area (Å²) in [7, 11) is 0. The molecule has 2 aromatic carbocycles. The fraction of sp³-hybridized carbons (Fsp3) is 0. The minimum Gasteiger partial charge on any atom is -0.470 e. The zero-order valence-corrected chi connectivity index (χ0v) is 9.86. The minimum atomic E-state index is 1.02. The van der Waals surface area contributed by atoms with Crippen LogP contribution in [0.1, 0.15) is 0 Å². The summed E-state index contributed by atoms with van der Waals surface area (Å²) in [5.74, 6) is 0. The highest BCUT2D eigenvalue weighted by Gasteiger charge is 2.11. The van der Waals surface area contributed by atoms with Crippen LogP contribution in [-0.2, 0) is 0 Å². The van der Waals surface area contributed by atoms with Crippen molar-refractivity contribution in [3.05, 3.63) is 79.3 Å². The quantitative estimate of drug-likeness (QED) is 0.651. The van der Waals surface area contributed by atoms with E-state index in [4.69, 9.17) is 4.42 Å². The fourth-order valence-corrected chi connectivity index (χ4v) is 1.99. The third kappa shape index (κ3) is 2.00. The Bertz CT molecular complexity index is 548. The maximum absolute atomic E-state index is 5.20. The molecular weight excluding hydrogens is 222 g/mol. The molecule has 1 aromatic heterocycles. The molecule has 88 valence electrons. The Hall–Kier alpha value is -2.48. The van der Waals surface area contributed by atoms with Gasteiger partial charge in [-0.3, -0.25) is 0 Å². The largest absolute Gasteiger partial charge is 0.470 e. The highest BCUT2D eigenvalue weighted by molar-refractivity contribution is 5.75. The van der Waals surface area contributed by atoms with E-state index in [-0.39, 0.29) is 0 Å². The summed E-state index contributed by atoms with van der Waals surface area (Å²) >= 11 is 0. The van der Waals surface area contributed by atoms with Crippen molar-refractivity contribution >= 4 is 17.1 Å². The van der Waals surface area contributed by atoms with Crippen molar-refractivity contribution in [2.45, 2.75) is 0 Å². The van der Waals surface area contributed by atoms with Crippen LogP contribution in [0.4, 0.5) is 17.1 Å². The monoisotopic (exact) mass is 235 g/mol. The molecule has 0 amide bonds. The van der Waals surface area contributed by atoms with E-state index in [0.717, 1.165) is 17.1 Å². The van der Waals surface area contributed by atoms with Gasteiger partial charge in [-0.1, -0.05) is 36.4 Å². The molecule has 0 saturated heterocycles. The van der Waals surface area contributed by atoms with Crippen LogP contribution in [0, 0.1) is 0 Å². The standard InChI is InChI=1S/C16H13NO/c1-3-7-14(8-4-1)17(16-11-12-18-13-16)15-9-5-2-6-10-15/h1-13H. The molecule has 0 N–H and O–H groups in total. The first-order valence-electron chi connectivity index (χ1n) is 5.87. The zero-order chi connectivity index (χ0) is 12.2. The smallest absolute Gasteiger partial charge is 0.114 e. The van der Waals surface area contributed by atoms with Crippen molar-refractivity contribution in [1.29, 1.82) is 0 Å². The van der Waals surface area contributed by atoms with Crippen LogP contribution in [0.15, 0.2) is 83.7 Å². The SMILES string of the molecule is c1ccc(N(c2ccccc2)c2ccoc2)cc1. The van der Waals surface area contributed by atoms with Gasteiger partial charge in [-0.25, -0.2) is 0 Å². The van der Waals surface area contributed by atoms with Crippen LogP contribution < -0.4 is 4.90 Å². The lowest BCUT2D eigenvalue weighted by Gasteiger charge is -2.23. The summed E-state index contributed by atoms with van der Waals surface area (Å²) in [5, 5.41) is 0. The van der Waals surface area contributed by atoms with Crippen molar-refractivity contribution in [2.75, 3.05) is 4.90 Å². The number of nitrogens with zero attached hydrogens (tertiary/aromatic N) is 1. The summed E-state index contributed by atoms with van der Waals surface area (Å²) in [6.45, 7) is 0. The summed E-state index contributed by atoms with van der Waals surface area (Å²) in [6, 6.07) is 22.5. The maximum atomic E-state index is 5.20. The van der Waals surface area contributed by atoms with Crippen LogP contribution in [-0.4, -0.2) is 0 Å². The summed E-state index contributed by atoms with van der Waals surface area (Å²) in [6.07, 6.45) is 3.44. The van der Waals surface area contributed by atoms with Gasteiger partial charge in [0, 0.05) is 17.4 Å². The molecule has 2 heteroatoms. The van der Waals surface area contributed by atoms with E-state index in [2.05, 4.69) is 29.2 Å². The topological polar surface area (TPSA) is 16.4 Å². The van der Waals surface area contributed by atoms with Gasteiger partial charge in [0.15, 0.2) is 0 Å². The summed E-state index contributed by atoms with van der Waals surface area (Å²) in [5.41, 5.74) is 3.25. The van der Waals surface area contributed by atoms with E-state index >= 15 is 0 Å². The van der Waals surface area contributed by atoms with Crippen LogP contribution in [0.2, 0.25) is 0 Å². The second-order valence-electron chi connectivity index (χ2n) is 3.99. The molecular formula is C16H13NO. The van der Waals surface area contributed by atoms with Crippen molar-refractivity contribution in [2.24, 2.45) is 0 Å². The molecule has 0 aliphatic rings. The van der Waals surface area contributed by atoms with Crippen molar-refractivity contribution < 1.29 is 4.42 Å². The molecule has 2 nitrogen and oxygen atoms in total. The Kier molecular flexibility index (Phi) is 2.84. The predicted molar refractivity (Wildman–Crippen MR) is 73.4 cm³/mol. The molecule has 18 heavy (non-hydrogen) atoms. The van der Waals surface area contributed by atoms with Gasteiger partial charge in [-0.05, 0) is 24.3 Å².